The molecule has 1 saturated carbocycles. The van der Waals surface area contributed by atoms with Crippen molar-refractivity contribution in [3.63, 3.8) is 0 Å². The summed E-state index contributed by atoms with van der Waals surface area (Å²) in [7, 11) is 1.82. The van der Waals surface area contributed by atoms with Crippen LogP contribution in [0.4, 0.5) is 5.69 Å². The number of nitrogens with zero attached hydrogens (tertiary/aromatic N) is 1. The summed E-state index contributed by atoms with van der Waals surface area (Å²) in [6.45, 7) is 0.265. The van der Waals surface area contributed by atoms with Gasteiger partial charge in [-0.3, -0.25) is 14.9 Å². The molecule has 0 N–H and O–H groups in total. The van der Waals surface area contributed by atoms with Gasteiger partial charge in [0.05, 0.1) is 11.0 Å². The van der Waals surface area contributed by atoms with Gasteiger partial charge in [-0.1, -0.05) is 19.3 Å². The topological polar surface area (TPSA) is 78.7 Å². The van der Waals surface area contributed by atoms with Crippen LogP contribution >= 0.6 is 0 Å². The second-order valence-electron chi connectivity index (χ2n) is 4.46. The highest BCUT2D eigenvalue weighted by Crippen LogP contribution is 2.19. The lowest BCUT2D eigenvalue weighted by atomic mass is 9.98. The summed E-state index contributed by atoms with van der Waals surface area (Å²) in [5.41, 5.74) is -0.0340. The van der Waals surface area contributed by atoms with Crippen molar-refractivity contribution >= 4 is 12.2 Å². The highest BCUT2D eigenvalue weighted by molar-refractivity contribution is 5.46. The molecule has 6 heteroatoms. The monoisotopic (exact) mass is 281 g/mol. The molecule has 0 aliphatic heterocycles. The van der Waals surface area contributed by atoms with Crippen LogP contribution in [-0.4, -0.2) is 24.6 Å². The summed E-state index contributed by atoms with van der Waals surface area (Å²) in [5, 5.41) is 10.2. The normalized spacial score (nSPS) is 14.8. The summed E-state index contributed by atoms with van der Waals surface area (Å²) >= 11 is 0. The maximum absolute atomic E-state index is 10.2. The minimum absolute atomic E-state index is 0.0340. The number of hydrogen-bond donors (Lipinski definition) is 0. The quantitative estimate of drug-likeness (QED) is 0.481. The number of rotatable bonds is 4. The average molecular weight is 281 g/mol. The molecular formula is C14H19NO5. The van der Waals surface area contributed by atoms with Crippen molar-refractivity contribution in [3.8, 4) is 5.75 Å². The third-order valence-electron chi connectivity index (χ3n) is 3.12. The molecular weight excluding hydrogens is 262 g/mol. The van der Waals surface area contributed by atoms with Crippen LogP contribution < -0.4 is 4.74 Å². The van der Waals surface area contributed by atoms with Crippen LogP contribution in [0.25, 0.3) is 0 Å². The summed E-state index contributed by atoms with van der Waals surface area (Å²) in [5.74, 6) is 0.288. The zero-order valence-electron chi connectivity index (χ0n) is 11.5. The third-order valence-corrected chi connectivity index (χ3v) is 3.12. The molecule has 0 heterocycles. The van der Waals surface area contributed by atoms with Crippen LogP contribution in [0.5, 0.6) is 5.75 Å². The molecule has 110 valence electrons. The fourth-order valence-corrected chi connectivity index (χ4v) is 2.00. The molecule has 0 atom stereocenters. The van der Waals surface area contributed by atoms with Crippen molar-refractivity contribution in [3.05, 3.63) is 34.4 Å². The van der Waals surface area contributed by atoms with Gasteiger partial charge >= 0.3 is 0 Å². The number of carbonyl (C=O) groups is 1. The maximum atomic E-state index is 10.2. The lowest BCUT2D eigenvalue weighted by Crippen LogP contribution is -2.13. The molecule has 1 aromatic carbocycles. The lowest BCUT2D eigenvalue weighted by Gasteiger charge is -2.19. The Morgan fingerprint density at radius 3 is 2.20 bits per heavy atom. The number of hydrogen-bond acceptors (Lipinski definition) is 5. The molecule has 0 saturated heterocycles. The predicted molar refractivity (Wildman–Crippen MR) is 73.7 cm³/mol. The Morgan fingerprint density at radius 2 is 1.80 bits per heavy atom. The van der Waals surface area contributed by atoms with Gasteiger partial charge in [-0.05, 0) is 25.0 Å². The van der Waals surface area contributed by atoms with E-state index in [4.69, 9.17) is 4.74 Å². The van der Waals surface area contributed by atoms with Crippen LogP contribution in [0.3, 0.4) is 0 Å². The number of nitro benzene ring substituents is 1. The van der Waals surface area contributed by atoms with Gasteiger partial charge in [0, 0.05) is 19.2 Å². The van der Waals surface area contributed by atoms with Crippen LogP contribution in [-0.2, 0) is 9.53 Å². The van der Waals surface area contributed by atoms with E-state index in [0.29, 0.717) is 6.10 Å². The van der Waals surface area contributed by atoms with E-state index in [-0.39, 0.29) is 17.9 Å². The molecule has 0 amide bonds. The highest BCUT2D eigenvalue weighted by Gasteiger charge is 2.10. The van der Waals surface area contributed by atoms with E-state index in [2.05, 4.69) is 4.74 Å². The molecule has 2 rings (SSSR count). The van der Waals surface area contributed by atoms with Crippen molar-refractivity contribution in [1.29, 1.82) is 0 Å². The van der Waals surface area contributed by atoms with Crippen molar-refractivity contribution in [1.82, 2.24) is 0 Å². The fourth-order valence-electron chi connectivity index (χ4n) is 2.00. The van der Waals surface area contributed by atoms with E-state index in [1.54, 1.807) is 0 Å². The Bertz CT molecular complexity index is 412. The van der Waals surface area contributed by atoms with Crippen molar-refractivity contribution in [2.24, 2.45) is 0 Å². The average Bonchev–Trinajstić information content (AvgIpc) is 2.49. The van der Waals surface area contributed by atoms with Crippen molar-refractivity contribution < 1.29 is 19.2 Å². The Morgan fingerprint density at radius 1 is 1.20 bits per heavy atom. The Hall–Kier alpha value is -1.95. The van der Waals surface area contributed by atoms with E-state index in [1.165, 1.54) is 56.4 Å². The van der Waals surface area contributed by atoms with Gasteiger partial charge in [-0.25, -0.2) is 0 Å². The summed E-state index contributed by atoms with van der Waals surface area (Å²) in [4.78, 5) is 19.5. The van der Waals surface area contributed by atoms with Crippen LogP contribution in [0, 0.1) is 10.1 Å². The number of non-ortho nitro benzene ring substituents is 1. The minimum atomic E-state index is -0.523. The molecule has 0 unspecified atom stereocenters. The SMILES string of the molecule is COC1CCCCC1.O=COc1ccc([N+](=O)[O-])cc1. The molecule has 1 aliphatic rings. The Kier molecular flexibility index (Phi) is 7.27. The predicted octanol–water partition coefficient (Wildman–Crippen LogP) is 3.10. The number of carbonyl (C=O) groups excluding carboxylic acids is 1. The molecule has 0 aromatic heterocycles. The van der Waals surface area contributed by atoms with Gasteiger partial charge in [-0.15, -0.1) is 0 Å². The second kappa shape index (κ2) is 9.03. The van der Waals surface area contributed by atoms with E-state index in [1.807, 2.05) is 7.11 Å². The first-order chi connectivity index (χ1) is 9.67. The summed E-state index contributed by atoms with van der Waals surface area (Å²) in [6.07, 6.45) is 7.33. The number of ether oxygens (including phenoxy) is 2. The van der Waals surface area contributed by atoms with Gasteiger partial charge in [0.2, 0.25) is 0 Å². The Balaban J connectivity index is 0.000000217. The van der Waals surface area contributed by atoms with E-state index in [0.717, 1.165) is 0 Å². The van der Waals surface area contributed by atoms with Gasteiger partial charge in [0.15, 0.2) is 0 Å². The molecule has 0 spiro atoms. The minimum Gasteiger partial charge on any atom is -0.429 e. The van der Waals surface area contributed by atoms with Crippen molar-refractivity contribution in [2.45, 2.75) is 38.2 Å². The maximum Gasteiger partial charge on any atom is 0.298 e. The standard InChI is InChI=1S/C7H5NO4.C7H14O/c9-5-12-7-3-1-6(2-4-7)8(10)11;1-8-7-5-3-2-4-6-7/h1-5H;7H,2-6H2,1H3. The van der Waals surface area contributed by atoms with Crippen molar-refractivity contribution in [2.75, 3.05) is 7.11 Å². The zero-order chi connectivity index (χ0) is 14.8. The Labute approximate surface area is 117 Å². The van der Waals surface area contributed by atoms with Crippen LogP contribution in [0.1, 0.15) is 32.1 Å². The van der Waals surface area contributed by atoms with Gasteiger partial charge in [0.1, 0.15) is 5.75 Å². The number of methoxy groups -OCH3 is 1. The molecule has 0 bridgehead atoms. The molecule has 1 aromatic rings. The molecule has 6 nitrogen and oxygen atoms in total. The van der Waals surface area contributed by atoms with Crippen LogP contribution in [0.15, 0.2) is 24.3 Å². The third kappa shape index (κ3) is 5.79. The van der Waals surface area contributed by atoms with Gasteiger partial charge in [0.25, 0.3) is 12.2 Å². The first kappa shape index (κ1) is 16.1. The summed E-state index contributed by atoms with van der Waals surface area (Å²) < 4.78 is 9.63. The molecule has 1 fully saturated rings. The van der Waals surface area contributed by atoms with Gasteiger partial charge in [-0.2, -0.15) is 0 Å². The largest absolute Gasteiger partial charge is 0.429 e. The molecule has 20 heavy (non-hydrogen) atoms. The smallest absolute Gasteiger partial charge is 0.298 e. The highest BCUT2D eigenvalue weighted by atomic mass is 16.6. The van der Waals surface area contributed by atoms with E-state index < -0.39 is 4.92 Å². The number of nitro groups is 1. The van der Waals surface area contributed by atoms with Gasteiger partial charge < -0.3 is 9.47 Å². The molecule has 1 aliphatic carbocycles. The first-order valence-electron chi connectivity index (χ1n) is 6.55. The zero-order valence-corrected chi connectivity index (χ0v) is 11.5. The van der Waals surface area contributed by atoms with Crippen LogP contribution in [0.2, 0.25) is 0 Å². The molecule has 0 radical (unpaired) electrons. The summed E-state index contributed by atoms with van der Waals surface area (Å²) in [6, 6.07) is 5.23. The second-order valence-corrected chi connectivity index (χ2v) is 4.46. The first-order valence-corrected chi connectivity index (χ1v) is 6.55. The lowest BCUT2D eigenvalue weighted by molar-refractivity contribution is -0.384. The van der Waals surface area contributed by atoms with E-state index >= 15 is 0 Å². The fraction of sp³-hybridized carbons (Fsp3) is 0.500. The number of benzene rings is 1. The van der Waals surface area contributed by atoms with E-state index in [9.17, 15) is 14.9 Å².